The van der Waals surface area contributed by atoms with Gasteiger partial charge in [-0.2, -0.15) is 13.2 Å². The van der Waals surface area contributed by atoms with Crippen LogP contribution >= 0.6 is 0 Å². The third kappa shape index (κ3) is 3.55. The molecule has 0 radical (unpaired) electrons. The van der Waals surface area contributed by atoms with Crippen LogP contribution < -0.4 is 5.32 Å². The summed E-state index contributed by atoms with van der Waals surface area (Å²) in [5, 5.41) is 2.55. The van der Waals surface area contributed by atoms with E-state index in [-0.39, 0.29) is 17.3 Å². The predicted molar refractivity (Wildman–Crippen MR) is 80.7 cm³/mol. The zero-order valence-electron chi connectivity index (χ0n) is 12.9. The van der Waals surface area contributed by atoms with Crippen LogP contribution in [0.1, 0.15) is 31.4 Å². The number of hydrogen-bond acceptors (Lipinski definition) is 2. The number of carbonyl (C=O) groups excluding carboxylic acids is 1. The highest BCUT2D eigenvalue weighted by Gasteiger charge is 2.35. The molecule has 0 aliphatic heterocycles. The van der Waals surface area contributed by atoms with E-state index in [2.05, 4.69) is 10.3 Å². The molecule has 1 amide bonds. The molecule has 1 atom stereocenters. The largest absolute Gasteiger partial charge is 0.417 e. The second-order valence-electron chi connectivity index (χ2n) is 5.12. The summed E-state index contributed by atoms with van der Waals surface area (Å²) in [4.78, 5) is 16.1. The highest BCUT2D eigenvalue weighted by atomic mass is 19.4. The summed E-state index contributed by atoms with van der Waals surface area (Å²) in [6.45, 7) is 1.91. The molecule has 23 heavy (non-hydrogen) atoms. The Morgan fingerprint density at radius 2 is 2.04 bits per heavy atom. The van der Waals surface area contributed by atoms with Crippen molar-refractivity contribution in [1.29, 1.82) is 0 Å². The van der Waals surface area contributed by atoms with E-state index in [4.69, 9.17) is 0 Å². The summed E-state index contributed by atoms with van der Waals surface area (Å²) in [5.74, 6) is -0.115. The molecule has 0 bridgehead atoms. The van der Waals surface area contributed by atoms with Gasteiger partial charge in [-0.05, 0) is 12.5 Å². The molecule has 0 fully saturated rings. The molecule has 7 heteroatoms. The van der Waals surface area contributed by atoms with Crippen LogP contribution in [0.5, 0.6) is 0 Å². The fourth-order valence-electron chi connectivity index (χ4n) is 2.54. The summed E-state index contributed by atoms with van der Waals surface area (Å²) in [6.07, 6.45) is -0.305. The van der Waals surface area contributed by atoms with Crippen LogP contribution in [-0.2, 0) is 11.0 Å². The number of carbonyl (C=O) groups is 1. The molecule has 4 nitrogen and oxygen atoms in total. The number of aromatic nitrogens is 2. The fourth-order valence-corrected chi connectivity index (χ4v) is 2.54. The topological polar surface area (TPSA) is 46.9 Å². The molecule has 1 heterocycles. The molecule has 0 saturated carbocycles. The Kier molecular flexibility index (Phi) is 5.08. The molecule has 0 aliphatic rings. The van der Waals surface area contributed by atoms with E-state index in [0.29, 0.717) is 6.42 Å². The lowest BCUT2D eigenvalue weighted by atomic mass is 10.1. The Hall–Kier alpha value is -2.31. The maximum Gasteiger partial charge on any atom is 0.417 e. The number of alkyl halides is 3. The molecule has 0 saturated heterocycles. The second kappa shape index (κ2) is 6.85. The highest BCUT2D eigenvalue weighted by Crippen LogP contribution is 2.37. The molecule has 1 aromatic carbocycles. The zero-order chi connectivity index (χ0) is 17.0. The Morgan fingerprint density at radius 1 is 1.35 bits per heavy atom. The van der Waals surface area contributed by atoms with Gasteiger partial charge in [-0.3, -0.25) is 4.79 Å². The Balaban J connectivity index is 2.56. The average molecular weight is 325 g/mol. The molecule has 1 N–H and O–H groups in total. The molecular weight excluding hydrogens is 307 g/mol. The van der Waals surface area contributed by atoms with Gasteiger partial charge in [-0.15, -0.1) is 0 Å². The summed E-state index contributed by atoms with van der Waals surface area (Å²) in [6, 6.07) is 4.65. The van der Waals surface area contributed by atoms with Crippen molar-refractivity contribution in [2.24, 2.45) is 0 Å². The van der Waals surface area contributed by atoms with Crippen molar-refractivity contribution in [2.45, 2.75) is 32.0 Å². The van der Waals surface area contributed by atoms with Crippen molar-refractivity contribution in [2.75, 3.05) is 7.05 Å². The van der Waals surface area contributed by atoms with Crippen molar-refractivity contribution < 1.29 is 18.0 Å². The van der Waals surface area contributed by atoms with Crippen LogP contribution in [0.4, 0.5) is 13.2 Å². The van der Waals surface area contributed by atoms with Crippen LogP contribution in [0.15, 0.2) is 36.7 Å². The van der Waals surface area contributed by atoms with Crippen molar-refractivity contribution in [1.82, 2.24) is 14.9 Å². The molecule has 0 spiro atoms. The van der Waals surface area contributed by atoms with Crippen LogP contribution in [0.2, 0.25) is 0 Å². The van der Waals surface area contributed by atoms with Gasteiger partial charge in [0.25, 0.3) is 0 Å². The fraction of sp³-hybridized carbons (Fsp3) is 0.375. The quantitative estimate of drug-likeness (QED) is 0.912. The molecule has 2 rings (SSSR count). The van der Waals surface area contributed by atoms with E-state index >= 15 is 0 Å². The van der Waals surface area contributed by atoms with Crippen LogP contribution in [0, 0.1) is 0 Å². The normalized spacial score (nSPS) is 12.9. The van der Waals surface area contributed by atoms with Gasteiger partial charge >= 0.3 is 6.18 Å². The maximum absolute atomic E-state index is 13.2. The first-order chi connectivity index (χ1) is 10.9. The first kappa shape index (κ1) is 17.1. The monoisotopic (exact) mass is 325 g/mol. The Morgan fingerprint density at radius 3 is 2.65 bits per heavy atom. The maximum atomic E-state index is 13.2. The predicted octanol–water partition coefficient (Wildman–Crippen LogP) is 3.66. The number of halogens is 3. The minimum Gasteiger partial charge on any atom is -0.357 e. The number of benzene rings is 1. The SMILES string of the molecule is CCCC(C(=O)NC)n1ccnc1-c1ccccc1C(F)(F)F. The average Bonchev–Trinajstić information content (AvgIpc) is 3.00. The number of rotatable bonds is 5. The number of nitrogens with one attached hydrogen (secondary N) is 1. The molecule has 0 aliphatic carbocycles. The summed E-state index contributed by atoms with van der Waals surface area (Å²) in [7, 11) is 1.51. The Bertz CT molecular complexity index is 679. The van der Waals surface area contributed by atoms with Gasteiger partial charge in [-0.1, -0.05) is 31.5 Å². The summed E-state index contributed by atoms with van der Waals surface area (Å²) < 4.78 is 41.2. The van der Waals surface area contributed by atoms with E-state index in [9.17, 15) is 18.0 Å². The smallest absolute Gasteiger partial charge is 0.357 e. The van der Waals surface area contributed by atoms with Crippen molar-refractivity contribution in [3.8, 4) is 11.4 Å². The molecule has 1 unspecified atom stereocenters. The Labute approximate surface area is 132 Å². The molecule has 124 valence electrons. The highest BCUT2D eigenvalue weighted by molar-refractivity contribution is 5.81. The van der Waals surface area contributed by atoms with Crippen molar-refractivity contribution in [3.63, 3.8) is 0 Å². The van der Waals surface area contributed by atoms with Gasteiger partial charge in [-0.25, -0.2) is 4.98 Å². The van der Waals surface area contributed by atoms with E-state index in [1.807, 2.05) is 6.92 Å². The zero-order valence-corrected chi connectivity index (χ0v) is 12.9. The summed E-state index contributed by atoms with van der Waals surface area (Å²) in [5.41, 5.74) is -0.797. The minimum atomic E-state index is -4.49. The lowest BCUT2D eigenvalue weighted by Gasteiger charge is -2.20. The lowest BCUT2D eigenvalue weighted by Crippen LogP contribution is -2.30. The number of hydrogen-bond donors (Lipinski definition) is 1. The van der Waals surface area contributed by atoms with Crippen LogP contribution in [-0.4, -0.2) is 22.5 Å². The first-order valence-corrected chi connectivity index (χ1v) is 7.31. The van der Waals surface area contributed by atoms with Gasteiger partial charge in [0, 0.05) is 25.0 Å². The molecule has 1 aromatic heterocycles. The van der Waals surface area contributed by atoms with Gasteiger partial charge in [0.05, 0.1) is 5.56 Å². The van der Waals surface area contributed by atoms with E-state index in [0.717, 1.165) is 12.5 Å². The number of likely N-dealkylation sites (N-methyl/N-ethyl adjacent to an activating group) is 1. The van der Waals surface area contributed by atoms with E-state index in [1.165, 1.54) is 42.2 Å². The molecule has 2 aromatic rings. The standard InChI is InChI=1S/C16H18F3N3O/c1-3-6-13(15(23)20-2)22-10-9-21-14(22)11-7-4-5-8-12(11)16(17,18)19/h4-5,7-10,13H,3,6H2,1-2H3,(H,20,23). The first-order valence-electron chi connectivity index (χ1n) is 7.31. The lowest BCUT2D eigenvalue weighted by molar-refractivity contribution is -0.137. The number of nitrogens with zero attached hydrogens (tertiary/aromatic N) is 2. The van der Waals surface area contributed by atoms with E-state index < -0.39 is 17.8 Å². The third-order valence-corrected chi connectivity index (χ3v) is 3.59. The number of amides is 1. The van der Waals surface area contributed by atoms with Gasteiger partial charge < -0.3 is 9.88 Å². The summed E-state index contributed by atoms with van der Waals surface area (Å²) >= 11 is 0. The van der Waals surface area contributed by atoms with Crippen molar-refractivity contribution >= 4 is 5.91 Å². The third-order valence-electron chi connectivity index (χ3n) is 3.59. The second-order valence-corrected chi connectivity index (χ2v) is 5.12. The minimum absolute atomic E-state index is 0.0324. The number of imidazole rings is 1. The van der Waals surface area contributed by atoms with Crippen molar-refractivity contribution in [3.05, 3.63) is 42.2 Å². The van der Waals surface area contributed by atoms with Crippen LogP contribution in [0.3, 0.4) is 0 Å². The van der Waals surface area contributed by atoms with Gasteiger partial charge in [0.2, 0.25) is 5.91 Å². The van der Waals surface area contributed by atoms with Crippen LogP contribution in [0.25, 0.3) is 11.4 Å². The van der Waals surface area contributed by atoms with Gasteiger partial charge in [0.1, 0.15) is 11.9 Å². The molecular formula is C16H18F3N3O. The van der Waals surface area contributed by atoms with E-state index in [1.54, 1.807) is 0 Å². The van der Waals surface area contributed by atoms with Gasteiger partial charge in [0.15, 0.2) is 0 Å².